The molecule has 0 saturated heterocycles. The smallest absolute Gasteiger partial charge is 0.0469 e. The molecule has 4 aromatic carbocycles. The zero-order valence-corrected chi connectivity index (χ0v) is 26.7. The van der Waals surface area contributed by atoms with Crippen LogP contribution in [0.15, 0.2) is 72.8 Å². The fraction of sp³-hybridized carbons (Fsp3) is 0.267. The standard InChI is InChI=1S/2C14H15.C2H6Si.2ClH.Zr/c2*1-10-5-4-6-13(9-10)14-11(2)7-8-12(14)3;1-3-2;;;/h2*4-9H,1-3H3;1-2H3;2*1H;/q2*-1;;;;+2/p-2. The van der Waals surface area contributed by atoms with E-state index in [1.54, 1.807) is 23.3 Å². The summed E-state index contributed by atoms with van der Waals surface area (Å²) in [6, 6.07) is 26.1. The molecule has 0 aliphatic carbocycles. The van der Waals surface area contributed by atoms with E-state index in [0.717, 1.165) is 0 Å². The van der Waals surface area contributed by atoms with E-state index >= 15 is 0 Å². The summed E-state index contributed by atoms with van der Waals surface area (Å²) in [6.07, 6.45) is 0. The van der Waals surface area contributed by atoms with Crippen LogP contribution < -0.4 is 24.8 Å². The first-order chi connectivity index (χ1) is 15.1. The molecule has 4 aromatic rings. The number of aryl methyl sites for hydroxylation is 6. The molecule has 0 aliphatic heterocycles. The van der Waals surface area contributed by atoms with Crippen molar-refractivity contribution in [3.8, 4) is 22.3 Å². The Balaban J connectivity index is 0.000000528. The van der Waals surface area contributed by atoms with Crippen molar-refractivity contribution in [3.63, 3.8) is 0 Å². The summed E-state index contributed by atoms with van der Waals surface area (Å²) in [5.41, 5.74) is 13.8. The van der Waals surface area contributed by atoms with Gasteiger partial charge in [0.15, 0.2) is 0 Å². The van der Waals surface area contributed by atoms with Crippen molar-refractivity contribution < 1.29 is 48.1 Å². The van der Waals surface area contributed by atoms with Crippen LogP contribution in [0.2, 0.25) is 13.1 Å². The van der Waals surface area contributed by atoms with Crippen LogP contribution in [0, 0.1) is 41.5 Å². The molecule has 4 rings (SSSR count). The van der Waals surface area contributed by atoms with Gasteiger partial charge < -0.3 is 24.8 Å². The number of hydrogen-bond acceptors (Lipinski definition) is 0. The van der Waals surface area contributed by atoms with Crippen LogP contribution in [-0.2, 0) is 23.3 Å². The van der Waals surface area contributed by atoms with Crippen LogP contribution in [0.5, 0.6) is 0 Å². The number of benzene rings is 2. The molecule has 0 amide bonds. The van der Waals surface area contributed by atoms with Crippen LogP contribution in [0.1, 0.15) is 33.4 Å². The van der Waals surface area contributed by atoms with Crippen LogP contribution in [-0.4, -0.2) is 5.43 Å². The van der Waals surface area contributed by atoms with Gasteiger partial charge in [0.2, 0.25) is 0 Å². The van der Waals surface area contributed by atoms with E-state index in [-0.39, 0.29) is 30.2 Å². The zero-order valence-electron chi connectivity index (χ0n) is 21.7. The van der Waals surface area contributed by atoms with Crippen molar-refractivity contribution in [1.29, 1.82) is 0 Å². The molecule has 0 heterocycles. The van der Waals surface area contributed by atoms with E-state index in [2.05, 4.69) is 127 Å². The summed E-state index contributed by atoms with van der Waals surface area (Å²) >= 11 is 1.74. The van der Waals surface area contributed by atoms with Crippen LogP contribution in [0.3, 0.4) is 0 Å². The topological polar surface area (TPSA) is 0 Å². The van der Waals surface area contributed by atoms with E-state index in [1.807, 2.05) is 0 Å². The van der Waals surface area contributed by atoms with Crippen LogP contribution >= 0.6 is 0 Å². The SMILES string of the molecule is C[Si](C)=[Zr+2].Cc1cccc(-[c-]2c(C)ccc2C)c1.Cc1cccc(-[c-]2c(C)ccc2C)c1.[Cl-].[Cl-]. The summed E-state index contributed by atoms with van der Waals surface area (Å²) in [6.45, 7) is 17.6. The fourth-order valence-corrected chi connectivity index (χ4v) is 3.97. The summed E-state index contributed by atoms with van der Waals surface area (Å²) < 4.78 is 0. The molecule has 0 fully saturated rings. The maximum atomic E-state index is 2.31. The zero-order chi connectivity index (χ0) is 23.8. The first-order valence-electron chi connectivity index (χ1n) is 11.2. The second-order valence-electron chi connectivity index (χ2n) is 8.89. The second kappa shape index (κ2) is 15.7. The summed E-state index contributed by atoms with van der Waals surface area (Å²) in [7, 11) is 0. The predicted octanol–water partition coefficient (Wildman–Crippen LogP) is 2.79. The van der Waals surface area contributed by atoms with Gasteiger partial charge in [0, 0.05) is 0 Å². The first-order valence-corrected chi connectivity index (χ1v) is 17.4. The van der Waals surface area contributed by atoms with Crippen molar-refractivity contribution >= 4 is 5.43 Å². The number of halogens is 2. The van der Waals surface area contributed by atoms with Gasteiger partial charge in [0.25, 0.3) is 0 Å². The van der Waals surface area contributed by atoms with Gasteiger partial charge in [-0.1, -0.05) is 74.2 Å². The van der Waals surface area contributed by atoms with Crippen LogP contribution in [0.25, 0.3) is 22.3 Å². The molecule has 0 aliphatic rings. The van der Waals surface area contributed by atoms with Gasteiger partial charge in [-0.15, -0.1) is 81.9 Å². The summed E-state index contributed by atoms with van der Waals surface area (Å²) in [4.78, 5) is 0. The largest absolute Gasteiger partial charge is 1.00 e. The first kappa shape index (κ1) is 32.8. The quantitative estimate of drug-likeness (QED) is 0.251. The van der Waals surface area contributed by atoms with Gasteiger partial charge in [0.1, 0.15) is 0 Å². The summed E-state index contributed by atoms with van der Waals surface area (Å²) in [5.74, 6) is 0. The Hall–Kier alpha value is -1.18. The average Bonchev–Trinajstić information content (AvgIpc) is 3.22. The predicted molar refractivity (Wildman–Crippen MR) is 141 cm³/mol. The van der Waals surface area contributed by atoms with E-state index in [9.17, 15) is 0 Å². The summed E-state index contributed by atoms with van der Waals surface area (Å²) in [5, 5.41) is 0. The Morgan fingerprint density at radius 1 is 0.529 bits per heavy atom. The third kappa shape index (κ3) is 9.82. The number of rotatable bonds is 2. The molecule has 0 aromatic heterocycles. The molecular weight excluding hydrogens is 551 g/mol. The molecule has 0 saturated carbocycles. The van der Waals surface area contributed by atoms with Crippen molar-refractivity contribution in [2.24, 2.45) is 0 Å². The molecule has 0 N–H and O–H groups in total. The fourth-order valence-electron chi connectivity index (χ4n) is 3.97. The van der Waals surface area contributed by atoms with Crippen molar-refractivity contribution in [2.75, 3.05) is 0 Å². The molecular formula is C30H36Cl2SiZr-2. The minimum Gasteiger partial charge on any atom is -1.00 e. The Bertz CT molecular complexity index is 1050. The van der Waals surface area contributed by atoms with Gasteiger partial charge in [-0.3, -0.25) is 0 Å². The maximum Gasteiger partial charge on any atom is -0.0469 e. The Morgan fingerprint density at radius 3 is 1.03 bits per heavy atom. The number of hydrogen-bond donors (Lipinski definition) is 0. The molecule has 0 unspecified atom stereocenters. The molecule has 0 nitrogen and oxygen atoms in total. The molecule has 34 heavy (non-hydrogen) atoms. The van der Waals surface area contributed by atoms with Crippen molar-refractivity contribution in [1.82, 2.24) is 0 Å². The molecule has 0 spiro atoms. The maximum absolute atomic E-state index is 2.31. The molecule has 0 radical (unpaired) electrons. The van der Waals surface area contributed by atoms with E-state index in [0.29, 0.717) is 0 Å². The Kier molecular flexibility index (Phi) is 15.2. The third-order valence-electron chi connectivity index (χ3n) is 5.36. The Morgan fingerprint density at radius 2 is 0.794 bits per heavy atom. The van der Waals surface area contributed by atoms with Crippen molar-refractivity contribution in [3.05, 3.63) is 106 Å². The van der Waals surface area contributed by atoms with Gasteiger partial charge in [-0.2, -0.15) is 0 Å². The molecule has 0 bridgehead atoms. The van der Waals surface area contributed by atoms with Gasteiger partial charge >= 0.3 is 41.9 Å². The molecule has 0 atom stereocenters. The Labute approximate surface area is 235 Å². The minimum atomic E-state index is 0. The average molecular weight is 587 g/mol. The van der Waals surface area contributed by atoms with Crippen molar-refractivity contribution in [2.45, 2.75) is 54.6 Å². The normalized spacial score (nSPS) is 9.47. The van der Waals surface area contributed by atoms with E-state index < -0.39 is 0 Å². The van der Waals surface area contributed by atoms with Gasteiger partial charge in [-0.05, 0) is 13.8 Å². The van der Waals surface area contributed by atoms with Gasteiger partial charge in [0.05, 0.1) is 0 Å². The van der Waals surface area contributed by atoms with Crippen LogP contribution in [0.4, 0.5) is 0 Å². The minimum absolute atomic E-state index is 0. The molecule has 180 valence electrons. The van der Waals surface area contributed by atoms with E-state index in [1.165, 1.54) is 55.6 Å². The van der Waals surface area contributed by atoms with E-state index in [4.69, 9.17) is 0 Å². The second-order valence-corrected chi connectivity index (χ2v) is 18.3. The van der Waals surface area contributed by atoms with Gasteiger partial charge in [-0.25, -0.2) is 0 Å². The molecule has 4 heteroatoms. The monoisotopic (exact) mass is 584 g/mol. The third-order valence-corrected chi connectivity index (χ3v) is 5.36.